The van der Waals surface area contributed by atoms with E-state index in [4.69, 9.17) is 23.9 Å². The number of ether oxygens (including phenoxy) is 3. The van der Waals surface area contributed by atoms with Gasteiger partial charge >= 0.3 is 16.4 Å². The number of hydrogen-bond acceptors (Lipinski definition) is 12. The Hall–Kier alpha value is -1.89. The van der Waals surface area contributed by atoms with Gasteiger partial charge in [-0.25, -0.2) is 8.98 Å². The summed E-state index contributed by atoms with van der Waals surface area (Å²) in [5.74, 6) is -3.37. The highest BCUT2D eigenvalue weighted by Gasteiger charge is 2.45. The van der Waals surface area contributed by atoms with Crippen molar-refractivity contribution in [1.82, 2.24) is 5.32 Å². The highest BCUT2D eigenvalue weighted by atomic mass is 32.3. The molecule has 1 amide bonds. The number of nitrogens with one attached hydrogen (secondary N) is 1. The fourth-order valence-corrected chi connectivity index (χ4v) is 4.01. The zero-order chi connectivity index (χ0) is 25.6. The van der Waals surface area contributed by atoms with Crippen molar-refractivity contribution in [2.45, 2.75) is 62.6 Å². The number of aliphatic carboxylic acids is 1. The molecule has 0 aromatic heterocycles. The Morgan fingerprint density at radius 2 is 1.74 bits per heavy atom. The van der Waals surface area contributed by atoms with Crippen LogP contribution in [0.25, 0.3) is 0 Å². The Balaban J connectivity index is 1.93. The monoisotopic (exact) mass is 515 g/mol. The zero-order valence-corrected chi connectivity index (χ0v) is 18.9. The normalized spacial score (nSPS) is 34.1. The maximum Gasteiger partial charge on any atom is 0.397 e. The number of carbonyl (C=O) groups is 2. The Morgan fingerprint density at radius 3 is 2.32 bits per heavy atom. The number of amides is 1. The van der Waals surface area contributed by atoms with Crippen LogP contribution in [0.15, 0.2) is 11.8 Å². The van der Waals surface area contributed by atoms with Gasteiger partial charge in [0.15, 0.2) is 6.29 Å². The number of aliphatic hydroxyl groups is 4. The van der Waals surface area contributed by atoms with E-state index in [0.29, 0.717) is 0 Å². The summed E-state index contributed by atoms with van der Waals surface area (Å²) in [5, 5.41) is 51.7. The van der Waals surface area contributed by atoms with Crippen LogP contribution in [-0.4, -0.2) is 113 Å². The van der Waals surface area contributed by atoms with Crippen LogP contribution >= 0.6 is 0 Å². The molecule has 2 aliphatic rings. The Morgan fingerprint density at radius 1 is 1.09 bits per heavy atom. The lowest BCUT2D eigenvalue weighted by molar-refractivity contribution is -0.239. The number of rotatable bonds is 11. The maximum atomic E-state index is 11.4. The van der Waals surface area contributed by atoms with Gasteiger partial charge in [-0.3, -0.25) is 9.35 Å². The molecular formula is C18H29NO14S. The molecule has 196 valence electrons. The molecule has 0 bridgehead atoms. The number of carboxylic acids is 1. The molecule has 15 nitrogen and oxygen atoms in total. The molecule has 7 N–H and O–H groups in total. The highest BCUT2D eigenvalue weighted by molar-refractivity contribution is 7.80. The van der Waals surface area contributed by atoms with Crippen molar-refractivity contribution in [2.24, 2.45) is 5.92 Å². The van der Waals surface area contributed by atoms with Gasteiger partial charge in [-0.05, 0) is 12.5 Å². The van der Waals surface area contributed by atoms with Crippen LogP contribution in [0.5, 0.6) is 0 Å². The van der Waals surface area contributed by atoms with Gasteiger partial charge in [-0.15, -0.1) is 0 Å². The van der Waals surface area contributed by atoms with Crippen LogP contribution in [-0.2, 0) is 38.4 Å². The van der Waals surface area contributed by atoms with E-state index in [1.165, 1.54) is 0 Å². The van der Waals surface area contributed by atoms with Crippen molar-refractivity contribution < 1.29 is 66.5 Å². The molecule has 34 heavy (non-hydrogen) atoms. The zero-order valence-electron chi connectivity index (χ0n) is 18.1. The summed E-state index contributed by atoms with van der Waals surface area (Å²) in [6.07, 6.45) is -7.21. The first-order valence-corrected chi connectivity index (χ1v) is 11.6. The van der Waals surface area contributed by atoms with Crippen LogP contribution in [0, 0.1) is 5.92 Å². The van der Waals surface area contributed by atoms with Crippen LogP contribution < -0.4 is 5.32 Å². The van der Waals surface area contributed by atoms with Crippen molar-refractivity contribution in [3.05, 3.63) is 11.8 Å². The first-order chi connectivity index (χ1) is 15.8. The quantitative estimate of drug-likeness (QED) is 0.106. The average molecular weight is 515 g/mol. The van der Waals surface area contributed by atoms with E-state index >= 15 is 0 Å². The maximum absolute atomic E-state index is 11.4. The Labute approximate surface area is 194 Å². The number of aliphatic hydroxyl groups excluding tert-OH is 4. The van der Waals surface area contributed by atoms with Crippen molar-refractivity contribution in [2.75, 3.05) is 19.8 Å². The third-order valence-electron chi connectivity index (χ3n) is 5.34. The van der Waals surface area contributed by atoms with Crippen molar-refractivity contribution in [3.63, 3.8) is 0 Å². The summed E-state index contributed by atoms with van der Waals surface area (Å²) in [6.45, 7) is 0.335. The van der Waals surface area contributed by atoms with Crippen LogP contribution in [0.2, 0.25) is 0 Å². The second kappa shape index (κ2) is 12.2. The molecule has 0 aliphatic carbocycles. The van der Waals surface area contributed by atoms with Crippen molar-refractivity contribution >= 4 is 22.3 Å². The lowest BCUT2D eigenvalue weighted by atomic mass is 9.85. The molecule has 0 saturated carbocycles. The number of carboxylic acid groups (broad SMARTS) is 1. The van der Waals surface area contributed by atoms with Crippen molar-refractivity contribution in [3.8, 4) is 0 Å². The minimum atomic E-state index is -4.83. The molecule has 0 aromatic rings. The standard InChI is InChI=1S/C18H29NO14S/c1-8(20)19-14-15(22)9(13(33-18(14)26)7-31-34(27,28)29)2-4-30-5-3-11-16(23)10(21)6-12(32-11)17(24)25/h6,9-11,13-16,18,21-23,26H,2-5,7H2,1H3,(H,19,20)(H,24,25)(H,27,28,29)/t9-,10+,11+,13-,14-,15+,16-,18+/m1/s1. The number of carbonyl (C=O) groups excluding carboxylic acids is 1. The van der Waals surface area contributed by atoms with Gasteiger partial charge in [-0.2, -0.15) is 8.42 Å². The molecule has 16 heteroatoms. The minimum Gasteiger partial charge on any atom is -0.480 e. The lowest BCUT2D eigenvalue weighted by Gasteiger charge is -2.43. The van der Waals surface area contributed by atoms with Gasteiger partial charge in [0.1, 0.15) is 24.4 Å². The fourth-order valence-electron chi connectivity index (χ4n) is 3.70. The van der Waals surface area contributed by atoms with Gasteiger partial charge in [0.05, 0.1) is 25.4 Å². The molecule has 8 atom stereocenters. The molecule has 1 fully saturated rings. The third kappa shape index (κ3) is 8.10. The predicted molar refractivity (Wildman–Crippen MR) is 108 cm³/mol. The fraction of sp³-hybridized carbons (Fsp3) is 0.778. The smallest absolute Gasteiger partial charge is 0.397 e. The second-order valence-corrected chi connectivity index (χ2v) is 8.91. The lowest BCUT2D eigenvalue weighted by Crippen LogP contribution is -2.62. The van der Waals surface area contributed by atoms with E-state index in [1.807, 2.05) is 0 Å². The van der Waals surface area contributed by atoms with E-state index in [0.717, 1.165) is 13.0 Å². The summed E-state index contributed by atoms with van der Waals surface area (Å²) >= 11 is 0. The number of hydrogen-bond donors (Lipinski definition) is 7. The summed E-state index contributed by atoms with van der Waals surface area (Å²) in [7, 11) is -4.83. The molecule has 0 unspecified atom stereocenters. The SMILES string of the molecule is CC(=O)N[C@@H]1[C@@H](O)[C@H](CCOCC[C@@H]2OC(C(=O)O)=C[C@H](O)[C@H]2O)[C@@H](COS(=O)(=O)O)O[C@@H]1O. The molecule has 1 saturated heterocycles. The average Bonchev–Trinajstić information content (AvgIpc) is 2.72. The summed E-state index contributed by atoms with van der Waals surface area (Å²) in [6, 6.07) is -1.22. The van der Waals surface area contributed by atoms with Gasteiger partial charge in [0, 0.05) is 25.9 Å². The van der Waals surface area contributed by atoms with E-state index in [-0.39, 0.29) is 26.1 Å². The van der Waals surface area contributed by atoms with E-state index in [1.54, 1.807) is 0 Å². The molecule has 2 aliphatic heterocycles. The van der Waals surface area contributed by atoms with Gasteiger partial charge in [-0.1, -0.05) is 0 Å². The molecular weight excluding hydrogens is 486 g/mol. The van der Waals surface area contributed by atoms with E-state index in [9.17, 15) is 38.4 Å². The van der Waals surface area contributed by atoms with Crippen molar-refractivity contribution in [1.29, 1.82) is 0 Å². The second-order valence-electron chi connectivity index (χ2n) is 7.82. The van der Waals surface area contributed by atoms with Gasteiger partial charge < -0.3 is 45.1 Å². The first kappa shape index (κ1) is 28.3. The molecule has 2 heterocycles. The van der Waals surface area contributed by atoms with Crippen LogP contribution in [0.1, 0.15) is 19.8 Å². The first-order valence-electron chi connectivity index (χ1n) is 10.3. The van der Waals surface area contributed by atoms with Crippen LogP contribution in [0.4, 0.5) is 0 Å². The topological polar surface area (TPSA) is 239 Å². The molecule has 0 radical (unpaired) electrons. The Bertz CT molecular complexity index is 848. The van der Waals surface area contributed by atoms with Crippen LogP contribution in [0.3, 0.4) is 0 Å². The Kier molecular flexibility index (Phi) is 10.2. The summed E-state index contributed by atoms with van der Waals surface area (Å²) < 4.78 is 50.7. The molecule has 2 rings (SSSR count). The van der Waals surface area contributed by atoms with E-state index < -0.39 is 83.4 Å². The summed E-state index contributed by atoms with van der Waals surface area (Å²) in [4.78, 5) is 22.4. The molecule has 0 spiro atoms. The third-order valence-corrected chi connectivity index (χ3v) is 5.78. The minimum absolute atomic E-state index is 0.00902. The summed E-state index contributed by atoms with van der Waals surface area (Å²) in [5.41, 5.74) is 0. The van der Waals surface area contributed by atoms with Gasteiger partial charge in [0.25, 0.3) is 0 Å². The van der Waals surface area contributed by atoms with E-state index in [2.05, 4.69) is 9.50 Å². The molecule has 0 aromatic carbocycles. The highest BCUT2D eigenvalue weighted by Crippen LogP contribution is 2.29. The van der Waals surface area contributed by atoms with Gasteiger partial charge in [0.2, 0.25) is 11.7 Å². The predicted octanol–water partition coefficient (Wildman–Crippen LogP) is -3.11. The largest absolute Gasteiger partial charge is 0.480 e.